The molecule has 2 nitrogen and oxygen atoms in total. The SMILES string of the molecule is C1=CCC(n2c3ccccc3c3ccc(-c4ccc(N(c5ccccc5-c5ccc6c(c5)C(c5ccccc5)(c5ccccc5)c5ccccc5-6)c5ccccc5-c5cccc6cccc(C7CCCCC7)c56)cc4)cc32)C=C1. The van der Waals surface area contributed by atoms with E-state index in [1.54, 1.807) is 0 Å². The average Bonchev–Trinajstić information content (AvgIpc) is 3.66. The van der Waals surface area contributed by atoms with Crippen molar-refractivity contribution in [3.05, 3.63) is 307 Å². The molecule has 2 heteroatoms. The molecule has 11 aromatic carbocycles. The Kier molecular flexibility index (Phi) is 11.7. The minimum atomic E-state index is -0.520. The minimum absolute atomic E-state index is 0.258. The predicted molar refractivity (Wildman–Crippen MR) is 333 cm³/mol. The van der Waals surface area contributed by atoms with E-state index < -0.39 is 5.41 Å². The summed E-state index contributed by atoms with van der Waals surface area (Å²) in [7, 11) is 0. The summed E-state index contributed by atoms with van der Waals surface area (Å²) in [5.41, 5.74) is 21.8. The number of benzene rings is 11. The zero-order valence-electron chi connectivity index (χ0n) is 44.3. The van der Waals surface area contributed by atoms with Crippen LogP contribution in [0.2, 0.25) is 0 Å². The average molecular weight is 1010 g/mol. The molecule has 1 saturated carbocycles. The Morgan fingerprint density at radius 1 is 0.405 bits per heavy atom. The maximum absolute atomic E-state index is 2.55. The molecule has 0 bridgehead atoms. The first kappa shape index (κ1) is 47.0. The van der Waals surface area contributed by atoms with E-state index in [4.69, 9.17) is 0 Å². The van der Waals surface area contributed by atoms with Crippen molar-refractivity contribution in [1.29, 1.82) is 0 Å². The monoisotopic (exact) mass is 1010 g/mol. The number of allylic oxidation sites excluding steroid dienone is 4. The van der Waals surface area contributed by atoms with Crippen LogP contribution in [0.5, 0.6) is 0 Å². The highest BCUT2D eigenvalue weighted by molar-refractivity contribution is 6.09. The molecule has 1 heterocycles. The van der Waals surface area contributed by atoms with E-state index in [0.29, 0.717) is 5.92 Å². The van der Waals surface area contributed by atoms with Gasteiger partial charge < -0.3 is 9.47 Å². The Morgan fingerprint density at radius 3 is 1.77 bits per heavy atom. The molecule has 1 aromatic heterocycles. The Labute approximate surface area is 463 Å². The number of hydrogen-bond acceptors (Lipinski definition) is 1. The van der Waals surface area contributed by atoms with Crippen molar-refractivity contribution in [3.63, 3.8) is 0 Å². The molecule has 0 spiro atoms. The molecular formula is C77H60N2. The van der Waals surface area contributed by atoms with Gasteiger partial charge in [-0.1, -0.05) is 256 Å². The normalized spacial score (nSPS) is 15.6. The molecule has 15 rings (SSSR count). The van der Waals surface area contributed by atoms with E-state index >= 15 is 0 Å². The van der Waals surface area contributed by atoms with Crippen LogP contribution in [-0.4, -0.2) is 4.57 Å². The van der Waals surface area contributed by atoms with Crippen LogP contribution >= 0.6 is 0 Å². The van der Waals surface area contributed by atoms with E-state index in [1.165, 1.54) is 137 Å². The van der Waals surface area contributed by atoms with Crippen molar-refractivity contribution < 1.29 is 0 Å². The summed E-state index contributed by atoms with van der Waals surface area (Å²) >= 11 is 0. The third-order valence-electron chi connectivity index (χ3n) is 17.8. The largest absolute Gasteiger partial charge is 0.333 e. The molecule has 378 valence electrons. The van der Waals surface area contributed by atoms with E-state index in [2.05, 4.69) is 289 Å². The van der Waals surface area contributed by atoms with E-state index in [1.807, 2.05) is 0 Å². The highest BCUT2D eigenvalue weighted by Gasteiger charge is 2.46. The molecule has 0 radical (unpaired) electrons. The summed E-state index contributed by atoms with van der Waals surface area (Å²) < 4.78 is 2.55. The molecule has 0 amide bonds. The van der Waals surface area contributed by atoms with Crippen LogP contribution in [0.1, 0.15) is 78.3 Å². The molecule has 1 unspecified atom stereocenters. The summed E-state index contributed by atoms with van der Waals surface area (Å²) in [4.78, 5) is 2.55. The van der Waals surface area contributed by atoms with Crippen molar-refractivity contribution in [3.8, 4) is 44.5 Å². The summed E-state index contributed by atoms with van der Waals surface area (Å²) in [5, 5.41) is 5.28. The first-order valence-electron chi connectivity index (χ1n) is 28.5. The molecule has 79 heavy (non-hydrogen) atoms. The summed E-state index contributed by atoms with van der Waals surface area (Å²) in [5.74, 6) is 0.552. The molecular weight excluding hydrogens is 953 g/mol. The van der Waals surface area contributed by atoms with Crippen LogP contribution < -0.4 is 4.90 Å². The highest BCUT2D eigenvalue weighted by Crippen LogP contribution is 2.57. The molecule has 12 aromatic rings. The number of para-hydroxylation sites is 3. The summed E-state index contributed by atoms with van der Waals surface area (Å²) in [6.45, 7) is 0. The zero-order chi connectivity index (χ0) is 52.3. The third kappa shape index (κ3) is 7.76. The number of fused-ring (bicyclic) bond motifs is 7. The molecule has 1 fully saturated rings. The van der Waals surface area contributed by atoms with Crippen molar-refractivity contribution in [1.82, 2.24) is 4.57 Å². The van der Waals surface area contributed by atoms with Crippen molar-refractivity contribution in [2.24, 2.45) is 0 Å². The Bertz CT molecular complexity index is 4280. The zero-order valence-corrected chi connectivity index (χ0v) is 44.3. The van der Waals surface area contributed by atoms with Crippen LogP contribution in [0.4, 0.5) is 17.1 Å². The summed E-state index contributed by atoms with van der Waals surface area (Å²) in [6.07, 6.45) is 16.4. The van der Waals surface area contributed by atoms with Gasteiger partial charge in [-0.15, -0.1) is 0 Å². The molecule has 3 aliphatic rings. The standard InChI is InChI=1S/C77H60N2/c1-5-23-54(24-6-1)63-37-21-25-55-26-22-38-69(76(55)63)67-36-16-20-42-74(67)78(61-47-43-53(44-48-61)56-45-50-68-66-35-15-19-41-73(66)79(75(68)52-56)60-31-11-4-12-32-60)72-40-18-14-33-62(72)57-46-49-65-64-34-13-17-39-70(64)77(71(65)51-57,58-27-7-2-8-28-58)59-29-9-3-10-30-59/h2-4,7-22,25-31,33-52,54,60H,1,5-6,23-24,32H2. The molecule has 0 aliphatic heterocycles. The molecule has 0 N–H and O–H groups in total. The van der Waals surface area contributed by atoms with Gasteiger partial charge in [0.25, 0.3) is 0 Å². The highest BCUT2D eigenvalue weighted by atomic mass is 15.1. The van der Waals surface area contributed by atoms with Gasteiger partial charge in [-0.3, -0.25) is 0 Å². The number of anilines is 3. The third-order valence-corrected chi connectivity index (χ3v) is 17.8. The second kappa shape index (κ2) is 19.6. The van der Waals surface area contributed by atoms with Crippen molar-refractivity contribution in [2.45, 2.75) is 55.9 Å². The van der Waals surface area contributed by atoms with Gasteiger partial charge in [0.1, 0.15) is 0 Å². The van der Waals surface area contributed by atoms with Crippen LogP contribution in [0, 0.1) is 0 Å². The molecule has 1 atom stereocenters. The number of aromatic nitrogens is 1. The van der Waals surface area contributed by atoms with Crippen LogP contribution in [-0.2, 0) is 5.41 Å². The maximum Gasteiger partial charge on any atom is 0.0713 e. The Balaban J connectivity index is 0.929. The molecule has 0 saturated heterocycles. The molecule has 3 aliphatic carbocycles. The lowest BCUT2D eigenvalue weighted by Crippen LogP contribution is -2.28. The van der Waals surface area contributed by atoms with Gasteiger partial charge in [0.15, 0.2) is 0 Å². The fourth-order valence-electron chi connectivity index (χ4n) is 14.3. The van der Waals surface area contributed by atoms with E-state index in [9.17, 15) is 0 Å². The fourth-order valence-corrected chi connectivity index (χ4v) is 14.3. The van der Waals surface area contributed by atoms with Crippen molar-refractivity contribution in [2.75, 3.05) is 4.90 Å². The van der Waals surface area contributed by atoms with Crippen LogP contribution in [0.15, 0.2) is 279 Å². The van der Waals surface area contributed by atoms with Gasteiger partial charge in [0.05, 0.1) is 28.3 Å². The fraction of sp³-hybridized carbons (Fsp3) is 0.117. The first-order chi connectivity index (χ1) is 39.2. The lowest BCUT2D eigenvalue weighted by molar-refractivity contribution is 0.445. The van der Waals surface area contributed by atoms with Gasteiger partial charge in [-0.2, -0.15) is 0 Å². The lowest BCUT2D eigenvalue weighted by Gasteiger charge is -2.34. The minimum Gasteiger partial charge on any atom is -0.333 e. The Hall–Kier alpha value is -9.24. The van der Waals surface area contributed by atoms with Crippen molar-refractivity contribution >= 4 is 49.6 Å². The van der Waals surface area contributed by atoms with Gasteiger partial charge in [0, 0.05) is 33.1 Å². The second-order valence-electron chi connectivity index (χ2n) is 22.0. The first-order valence-corrected chi connectivity index (χ1v) is 28.5. The lowest BCUT2D eigenvalue weighted by atomic mass is 9.67. The van der Waals surface area contributed by atoms with Gasteiger partial charge >= 0.3 is 0 Å². The number of rotatable bonds is 10. The smallest absolute Gasteiger partial charge is 0.0713 e. The van der Waals surface area contributed by atoms with Crippen LogP contribution in [0.25, 0.3) is 77.1 Å². The predicted octanol–water partition coefficient (Wildman–Crippen LogP) is 20.9. The van der Waals surface area contributed by atoms with Gasteiger partial charge in [-0.25, -0.2) is 0 Å². The van der Waals surface area contributed by atoms with E-state index in [-0.39, 0.29) is 6.04 Å². The topological polar surface area (TPSA) is 8.17 Å². The summed E-state index contributed by atoms with van der Waals surface area (Å²) in [6, 6.07) is 96.5. The van der Waals surface area contributed by atoms with Crippen LogP contribution in [0.3, 0.4) is 0 Å². The number of hydrogen-bond donors (Lipinski definition) is 0. The maximum atomic E-state index is 2.55. The number of nitrogens with zero attached hydrogens (tertiary/aromatic N) is 2. The Morgan fingerprint density at radius 2 is 1.01 bits per heavy atom. The van der Waals surface area contributed by atoms with E-state index in [0.717, 1.165) is 23.5 Å². The van der Waals surface area contributed by atoms with Gasteiger partial charge in [0.2, 0.25) is 0 Å². The second-order valence-corrected chi connectivity index (χ2v) is 22.0. The quantitative estimate of drug-likeness (QED) is 0.133. The van der Waals surface area contributed by atoms with Gasteiger partial charge in [-0.05, 0) is 140 Å².